The van der Waals surface area contributed by atoms with Gasteiger partial charge in [-0.25, -0.2) is 9.69 Å². The van der Waals surface area contributed by atoms with E-state index in [9.17, 15) is 19.2 Å². The zero-order chi connectivity index (χ0) is 29.0. The van der Waals surface area contributed by atoms with Gasteiger partial charge in [0.1, 0.15) is 5.57 Å². The molecule has 0 spiro atoms. The van der Waals surface area contributed by atoms with Gasteiger partial charge in [-0.1, -0.05) is 39.7 Å². The van der Waals surface area contributed by atoms with Crippen LogP contribution in [0.4, 0.5) is 16.2 Å². The lowest BCUT2D eigenvalue weighted by Crippen LogP contribution is -2.54. The number of hydrogen-bond acceptors (Lipinski definition) is 6. The molecule has 0 saturated carbocycles. The maximum Gasteiger partial charge on any atom is 0.335 e. The van der Waals surface area contributed by atoms with Crippen molar-refractivity contribution in [2.75, 3.05) is 23.4 Å². The summed E-state index contributed by atoms with van der Waals surface area (Å²) < 4.78 is 11.9. The molecule has 40 heavy (non-hydrogen) atoms. The number of hydrogen-bond donors (Lipinski definition) is 2. The van der Waals surface area contributed by atoms with Crippen LogP contribution in [0.25, 0.3) is 6.08 Å². The van der Waals surface area contributed by atoms with Gasteiger partial charge >= 0.3 is 6.03 Å². The molecule has 1 saturated heterocycles. The Hall–Kier alpha value is -4.44. The highest BCUT2D eigenvalue weighted by atomic mass is 79.9. The maximum absolute atomic E-state index is 13.4. The molecule has 1 aliphatic rings. The van der Waals surface area contributed by atoms with Crippen molar-refractivity contribution in [2.45, 2.75) is 27.7 Å². The number of aryl methyl sites for hydroxylation is 3. The standard InChI is InChI=1S/C30H28BrN3O6/c1-5-39-25-14-20(24(31)15-26(25)40-16-27(35)32-21-8-6-17(2)7-9-21)13-23-28(36)33-30(38)34(29(23)37)22-11-18(3)10-19(4)12-22/h6-15H,5,16H2,1-4H3,(H,32,35)(H,33,36,38)/b23-13+. The highest BCUT2D eigenvalue weighted by molar-refractivity contribution is 9.10. The first-order valence-electron chi connectivity index (χ1n) is 12.5. The van der Waals surface area contributed by atoms with Crippen molar-refractivity contribution in [3.63, 3.8) is 0 Å². The number of rotatable bonds is 8. The molecule has 0 atom stereocenters. The van der Waals surface area contributed by atoms with Gasteiger partial charge < -0.3 is 14.8 Å². The van der Waals surface area contributed by atoms with E-state index in [1.807, 2.05) is 39.0 Å². The molecule has 3 aromatic rings. The Labute approximate surface area is 240 Å². The molecule has 0 aliphatic carbocycles. The van der Waals surface area contributed by atoms with E-state index < -0.39 is 17.8 Å². The molecule has 206 valence electrons. The largest absolute Gasteiger partial charge is 0.490 e. The monoisotopic (exact) mass is 605 g/mol. The number of nitrogens with zero attached hydrogens (tertiary/aromatic N) is 1. The second-order valence-corrected chi connectivity index (χ2v) is 10.1. The third-order valence-corrected chi connectivity index (χ3v) is 6.61. The second-order valence-electron chi connectivity index (χ2n) is 9.26. The molecule has 0 radical (unpaired) electrons. The SMILES string of the molecule is CCOc1cc(/C=C2\C(=O)NC(=O)N(c3cc(C)cc(C)c3)C2=O)c(Br)cc1OCC(=O)Nc1ccc(C)cc1. The number of imide groups is 2. The zero-order valence-corrected chi connectivity index (χ0v) is 24.0. The number of halogens is 1. The molecule has 1 fully saturated rings. The molecule has 9 nitrogen and oxygen atoms in total. The predicted octanol–water partition coefficient (Wildman–Crippen LogP) is 5.46. The predicted molar refractivity (Wildman–Crippen MR) is 156 cm³/mol. The lowest BCUT2D eigenvalue weighted by Gasteiger charge is -2.27. The Kier molecular flexibility index (Phi) is 8.69. The Balaban J connectivity index is 1.59. The van der Waals surface area contributed by atoms with E-state index in [1.54, 1.807) is 43.3 Å². The van der Waals surface area contributed by atoms with Gasteiger partial charge in [-0.15, -0.1) is 0 Å². The summed E-state index contributed by atoms with van der Waals surface area (Å²) in [6, 6.07) is 15.1. The topological polar surface area (TPSA) is 114 Å². The number of ether oxygens (including phenoxy) is 2. The molecule has 5 amide bonds. The molecule has 0 unspecified atom stereocenters. The van der Waals surface area contributed by atoms with Crippen LogP contribution in [-0.2, 0) is 14.4 Å². The summed E-state index contributed by atoms with van der Waals surface area (Å²) in [5.41, 5.74) is 4.03. The number of anilines is 2. The molecule has 3 aromatic carbocycles. The summed E-state index contributed by atoms with van der Waals surface area (Å²) in [6.07, 6.45) is 1.38. The average Bonchev–Trinajstić information content (AvgIpc) is 2.88. The van der Waals surface area contributed by atoms with Crippen molar-refractivity contribution in [1.29, 1.82) is 0 Å². The summed E-state index contributed by atoms with van der Waals surface area (Å²) in [7, 11) is 0. The minimum atomic E-state index is -0.820. The average molecular weight is 606 g/mol. The van der Waals surface area contributed by atoms with Gasteiger partial charge in [0.15, 0.2) is 18.1 Å². The normalized spacial score (nSPS) is 14.3. The van der Waals surface area contributed by atoms with Crippen LogP contribution in [0.2, 0.25) is 0 Å². The van der Waals surface area contributed by atoms with Crippen LogP contribution in [0.15, 0.2) is 64.6 Å². The van der Waals surface area contributed by atoms with E-state index in [0.29, 0.717) is 39.5 Å². The van der Waals surface area contributed by atoms with Crippen LogP contribution < -0.4 is 25.0 Å². The van der Waals surface area contributed by atoms with Crippen LogP contribution in [0.1, 0.15) is 29.2 Å². The van der Waals surface area contributed by atoms with Crippen molar-refractivity contribution in [1.82, 2.24) is 5.32 Å². The summed E-state index contributed by atoms with van der Waals surface area (Å²) in [4.78, 5) is 52.1. The number of carbonyl (C=O) groups excluding carboxylic acids is 4. The highest BCUT2D eigenvalue weighted by Gasteiger charge is 2.37. The van der Waals surface area contributed by atoms with Crippen molar-refractivity contribution in [2.24, 2.45) is 0 Å². The number of amides is 5. The van der Waals surface area contributed by atoms with Crippen molar-refractivity contribution < 1.29 is 28.7 Å². The maximum atomic E-state index is 13.4. The molecule has 0 aromatic heterocycles. The first-order valence-corrected chi connectivity index (χ1v) is 13.3. The quantitative estimate of drug-likeness (QED) is 0.260. The first kappa shape index (κ1) is 28.6. The fourth-order valence-corrected chi connectivity index (χ4v) is 4.58. The Morgan fingerprint density at radius 2 is 1.57 bits per heavy atom. The molecular formula is C30H28BrN3O6. The van der Waals surface area contributed by atoms with Crippen LogP contribution in [0, 0.1) is 20.8 Å². The number of benzene rings is 3. The van der Waals surface area contributed by atoms with E-state index in [0.717, 1.165) is 21.6 Å². The molecule has 4 rings (SSSR count). The van der Waals surface area contributed by atoms with Crippen LogP contribution in [-0.4, -0.2) is 37.0 Å². The highest BCUT2D eigenvalue weighted by Crippen LogP contribution is 2.35. The van der Waals surface area contributed by atoms with Gasteiger partial charge in [0.2, 0.25) is 0 Å². The van der Waals surface area contributed by atoms with E-state index in [2.05, 4.69) is 26.6 Å². The Bertz CT molecular complexity index is 1510. The number of barbiturate groups is 1. The fourth-order valence-electron chi connectivity index (χ4n) is 4.15. The first-order chi connectivity index (χ1) is 19.0. The van der Waals surface area contributed by atoms with Gasteiger partial charge in [0.05, 0.1) is 12.3 Å². The van der Waals surface area contributed by atoms with Crippen molar-refractivity contribution in [3.05, 3.63) is 86.9 Å². The molecule has 10 heteroatoms. The molecule has 0 bridgehead atoms. The van der Waals surface area contributed by atoms with Gasteiger partial charge in [-0.05, 0) is 86.9 Å². The Morgan fingerprint density at radius 3 is 2.23 bits per heavy atom. The molecule has 1 heterocycles. The van der Waals surface area contributed by atoms with Gasteiger partial charge in [0, 0.05) is 10.2 Å². The summed E-state index contributed by atoms with van der Waals surface area (Å²) in [6.45, 7) is 7.49. The van der Waals surface area contributed by atoms with Crippen molar-refractivity contribution >= 4 is 57.1 Å². The second kappa shape index (κ2) is 12.2. The summed E-state index contributed by atoms with van der Waals surface area (Å²) in [5, 5.41) is 5.01. The molecular weight excluding hydrogens is 578 g/mol. The molecule has 1 aliphatic heterocycles. The third kappa shape index (κ3) is 6.58. The summed E-state index contributed by atoms with van der Waals surface area (Å²) in [5.74, 6) is -1.31. The molecule has 2 N–H and O–H groups in total. The minimum Gasteiger partial charge on any atom is -0.490 e. The van der Waals surface area contributed by atoms with Crippen LogP contribution in [0.5, 0.6) is 11.5 Å². The van der Waals surface area contributed by atoms with Crippen molar-refractivity contribution in [3.8, 4) is 11.5 Å². The van der Waals surface area contributed by atoms with Gasteiger partial charge in [-0.2, -0.15) is 0 Å². The summed E-state index contributed by atoms with van der Waals surface area (Å²) >= 11 is 3.45. The van der Waals surface area contributed by atoms with Gasteiger partial charge in [-0.3, -0.25) is 19.7 Å². The van der Waals surface area contributed by atoms with Crippen LogP contribution >= 0.6 is 15.9 Å². The van der Waals surface area contributed by atoms with E-state index >= 15 is 0 Å². The minimum absolute atomic E-state index is 0.229. The van der Waals surface area contributed by atoms with E-state index in [4.69, 9.17) is 9.47 Å². The third-order valence-electron chi connectivity index (χ3n) is 5.92. The lowest BCUT2D eigenvalue weighted by molar-refractivity contribution is -0.122. The zero-order valence-electron chi connectivity index (χ0n) is 22.5. The lowest BCUT2D eigenvalue weighted by atomic mass is 10.0. The number of carbonyl (C=O) groups is 4. The van der Waals surface area contributed by atoms with Gasteiger partial charge in [0.25, 0.3) is 17.7 Å². The fraction of sp³-hybridized carbons (Fsp3) is 0.200. The van der Waals surface area contributed by atoms with E-state index in [1.165, 1.54) is 6.08 Å². The number of urea groups is 1. The smallest absolute Gasteiger partial charge is 0.335 e. The number of nitrogens with one attached hydrogen (secondary N) is 2. The van der Waals surface area contributed by atoms with E-state index in [-0.39, 0.29) is 18.1 Å². The Morgan fingerprint density at radius 1 is 0.925 bits per heavy atom. The van der Waals surface area contributed by atoms with Crippen LogP contribution in [0.3, 0.4) is 0 Å².